The van der Waals surface area contributed by atoms with Gasteiger partial charge in [0, 0.05) is 29.8 Å². The van der Waals surface area contributed by atoms with Crippen molar-refractivity contribution in [1.29, 1.82) is 0 Å². The quantitative estimate of drug-likeness (QED) is 0.716. The van der Waals surface area contributed by atoms with Crippen molar-refractivity contribution in [1.82, 2.24) is 9.55 Å². The molecular formula is C19H20FN3O2S. The van der Waals surface area contributed by atoms with Crippen molar-refractivity contribution in [3.8, 4) is 11.1 Å². The zero-order valence-electron chi connectivity index (χ0n) is 14.7. The number of hydrogen-bond acceptors (Lipinski definition) is 4. The van der Waals surface area contributed by atoms with E-state index in [1.165, 1.54) is 23.5 Å². The van der Waals surface area contributed by atoms with Crippen LogP contribution < -0.4 is 11.3 Å². The Morgan fingerprint density at radius 1 is 1.31 bits per heavy atom. The van der Waals surface area contributed by atoms with Gasteiger partial charge in [0.2, 0.25) is 5.91 Å². The van der Waals surface area contributed by atoms with Crippen LogP contribution in [0.25, 0.3) is 21.3 Å². The summed E-state index contributed by atoms with van der Waals surface area (Å²) in [5.74, 6) is 0.0506. The molecule has 0 saturated carbocycles. The number of nitrogens with two attached hydrogens (primary N) is 1. The molecule has 0 aliphatic heterocycles. The number of nitrogens with zero attached hydrogens (tertiary/aromatic N) is 2. The lowest BCUT2D eigenvalue weighted by Crippen LogP contribution is -2.26. The van der Waals surface area contributed by atoms with E-state index >= 15 is 0 Å². The number of amides is 1. The second-order valence-corrected chi connectivity index (χ2v) is 7.35. The molecule has 0 aliphatic carbocycles. The van der Waals surface area contributed by atoms with Gasteiger partial charge < -0.3 is 5.73 Å². The Kier molecular flexibility index (Phi) is 5.18. The van der Waals surface area contributed by atoms with Crippen LogP contribution in [0.4, 0.5) is 4.39 Å². The van der Waals surface area contributed by atoms with Crippen molar-refractivity contribution in [2.24, 2.45) is 5.73 Å². The SMILES string of the molecule is CC(C)c1nc2scc(-c3ccc(F)cc3)c2c(=O)n1CCCC(N)=O. The van der Waals surface area contributed by atoms with Crippen LogP contribution >= 0.6 is 11.3 Å². The fraction of sp³-hybridized carbons (Fsp3) is 0.316. The predicted octanol–water partition coefficient (Wildman–Crippen LogP) is 3.65. The Balaban J connectivity index is 2.15. The summed E-state index contributed by atoms with van der Waals surface area (Å²) in [5, 5.41) is 2.41. The van der Waals surface area contributed by atoms with Crippen molar-refractivity contribution in [2.75, 3.05) is 0 Å². The zero-order valence-corrected chi connectivity index (χ0v) is 15.5. The summed E-state index contributed by atoms with van der Waals surface area (Å²) < 4.78 is 14.9. The van der Waals surface area contributed by atoms with E-state index in [-0.39, 0.29) is 29.6 Å². The number of aromatic nitrogens is 2. The molecule has 2 aromatic heterocycles. The summed E-state index contributed by atoms with van der Waals surface area (Å²) >= 11 is 1.40. The van der Waals surface area contributed by atoms with Crippen LogP contribution in [-0.4, -0.2) is 15.5 Å². The summed E-state index contributed by atoms with van der Waals surface area (Å²) in [6.45, 7) is 4.34. The van der Waals surface area contributed by atoms with Crippen LogP contribution in [0.5, 0.6) is 0 Å². The van der Waals surface area contributed by atoms with Gasteiger partial charge in [0.15, 0.2) is 0 Å². The van der Waals surface area contributed by atoms with Crippen molar-refractivity contribution in [2.45, 2.75) is 39.2 Å². The van der Waals surface area contributed by atoms with Crippen LogP contribution in [0, 0.1) is 5.82 Å². The van der Waals surface area contributed by atoms with Crippen molar-refractivity contribution in [3.63, 3.8) is 0 Å². The number of benzene rings is 1. The monoisotopic (exact) mass is 373 g/mol. The number of hydrogen-bond donors (Lipinski definition) is 1. The normalized spacial score (nSPS) is 11.4. The van der Waals surface area contributed by atoms with E-state index in [1.54, 1.807) is 16.7 Å². The zero-order chi connectivity index (χ0) is 18.8. The largest absolute Gasteiger partial charge is 0.370 e. The number of halogens is 1. The molecule has 0 spiro atoms. The van der Waals surface area contributed by atoms with Gasteiger partial charge in [0.1, 0.15) is 16.5 Å². The lowest BCUT2D eigenvalue weighted by Gasteiger charge is -2.15. The summed E-state index contributed by atoms with van der Waals surface area (Å²) in [5.41, 5.74) is 6.60. The Hall–Kier alpha value is -2.54. The third-order valence-electron chi connectivity index (χ3n) is 4.20. The molecule has 0 unspecified atom stereocenters. The molecule has 26 heavy (non-hydrogen) atoms. The van der Waals surface area contributed by atoms with Crippen molar-refractivity contribution >= 4 is 27.5 Å². The van der Waals surface area contributed by atoms with Gasteiger partial charge in [0.05, 0.1) is 5.39 Å². The first-order valence-electron chi connectivity index (χ1n) is 8.44. The highest BCUT2D eigenvalue weighted by Gasteiger charge is 2.18. The molecule has 1 aromatic carbocycles. The lowest BCUT2D eigenvalue weighted by molar-refractivity contribution is -0.118. The second kappa shape index (κ2) is 7.37. The number of thiophene rings is 1. The van der Waals surface area contributed by atoms with Gasteiger partial charge in [0.25, 0.3) is 5.56 Å². The molecule has 0 atom stereocenters. The summed E-state index contributed by atoms with van der Waals surface area (Å²) in [4.78, 5) is 29.6. The third kappa shape index (κ3) is 3.53. The summed E-state index contributed by atoms with van der Waals surface area (Å²) in [7, 11) is 0. The molecule has 0 aliphatic rings. The van der Waals surface area contributed by atoms with Crippen LogP contribution in [0.2, 0.25) is 0 Å². The van der Waals surface area contributed by atoms with Crippen LogP contribution in [0.3, 0.4) is 0 Å². The highest BCUT2D eigenvalue weighted by molar-refractivity contribution is 7.17. The minimum atomic E-state index is -0.388. The maximum atomic E-state index is 13.2. The highest BCUT2D eigenvalue weighted by atomic mass is 32.1. The van der Waals surface area contributed by atoms with Gasteiger partial charge in [-0.3, -0.25) is 14.2 Å². The van der Waals surface area contributed by atoms with Gasteiger partial charge in [-0.25, -0.2) is 9.37 Å². The molecule has 5 nitrogen and oxygen atoms in total. The molecule has 2 N–H and O–H groups in total. The maximum Gasteiger partial charge on any atom is 0.262 e. The Morgan fingerprint density at radius 2 is 2.00 bits per heavy atom. The van der Waals surface area contributed by atoms with Gasteiger partial charge in [-0.15, -0.1) is 11.3 Å². The molecule has 1 amide bonds. The van der Waals surface area contributed by atoms with Crippen LogP contribution in [-0.2, 0) is 11.3 Å². The minimum absolute atomic E-state index is 0.0667. The summed E-state index contributed by atoms with van der Waals surface area (Å²) in [6.07, 6.45) is 0.703. The molecule has 2 heterocycles. The first-order valence-corrected chi connectivity index (χ1v) is 9.32. The number of rotatable bonds is 6. The molecule has 0 bridgehead atoms. The van der Waals surface area contributed by atoms with Crippen LogP contribution in [0.15, 0.2) is 34.4 Å². The van der Waals surface area contributed by atoms with Gasteiger partial charge in [-0.2, -0.15) is 0 Å². The Labute approximate surface area is 154 Å². The number of primary amides is 1. The molecule has 0 fully saturated rings. The van der Waals surface area contributed by atoms with Gasteiger partial charge in [-0.1, -0.05) is 26.0 Å². The fourth-order valence-corrected chi connectivity index (χ4v) is 3.89. The molecule has 0 saturated heterocycles. The topological polar surface area (TPSA) is 78.0 Å². The molecular weight excluding hydrogens is 353 g/mol. The molecule has 0 radical (unpaired) electrons. The molecule has 7 heteroatoms. The fourth-order valence-electron chi connectivity index (χ4n) is 2.95. The van der Waals surface area contributed by atoms with E-state index in [0.717, 1.165) is 11.1 Å². The van der Waals surface area contributed by atoms with E-state index < -0.39 is 0 Å². The van der Waals surface area contributed by atoms with Gasteiger partial charge in [-0.05, 0) is 24.1 Å². The third-order valence-corrected chi connectivity index (χ3v) is 5.07. The predicted molar refractivity (Wildman–Crippen MR) is 102 cm³/mol. The minimum Gasteiger partial charge on any atom is -0.370 e. The van der Waals surface area contributed by atoms with E-state index in [1.807, 2.05) is 19.2 Å². The average Bonchev–Trinajstić information content (AvgIpc) is 3.01. The molecule has 3 rings (SSSR count). The first-order chi connectivity index (χ1) is 12.4. The molecule has 136 valence electrons. The Morgan fingerprint density at radius 3 is 2.62 bits per heavy atom. The number of carbonyl (C=O) groups is 1. The van der Waals surface area contributed by atoms with Crippen molar-refractivity contribution < 1.29 is 9.18 Å². The number of fused-ring (bicyclic) bond motifs is 1. The highest BCUT2D eigenvalue weighted by Crippen LogP contribution is 2.31. The lowest BCUT2D eigenvalue weighted by atomic mass is 10.1. The standard InChI is InChI=1S/C19H20FN3O2S/c1-11(2)17-22-18-16(19(25)23(17)9-3-4-15(21)24)14(10-26-18)12-5-7-13(20)8-6-12/h5-8,10-11H,3-4,9H2,1-2H3,(H2,21,24). The van der Waals surface area contributed by atoms with Crippen molar-refractivity contribution in [3.05, 3.63) is 51.6 Å². The van der Waals surface area contributed by atoms with E-state index in [2.05, 4.69) is 4.98 Å². The average molecular weight is 373 g/mol. The van der Waals surface area contributed by atoms with Gasteiger partial charge >= 0.3 is 0 Å². The second-order valence-electron chi connectivity index (χ2n) is 6.49. The van der Waals surface area contributed by atoms with Crippen LogP contribution in [0.1, 0.15) is 38.4 Å². The number of carbonyl (C=O) groups excluding carboxylic acids is 1. The summed E-state index contributed by atoms with van der Waals surface area (Å²) in [6, 6.07) is 6.06. The van der Waals surface area contributed by atoms with E-state index in [9.17, 15) is 14.0 Å². The van der Waals surface area contributed by atoms with E-state index in [0.29, 0.717) is 29.0 Å². The first kappa shape index (κ1) is 18.3. The maximum absolute atomic E-state index is 13.2. The molecule has 3 aromatic rings. The smallest absolute Gasteiger partial charge is 0.262 e. The van der Waals surface area contributed by atoms with E-state index in [4.69, 9.17) is 5.73 Å². The Bertz CT molecular complexity index is 1010.